The van der Waals surface area contributed by atoms with Crippen molar-refractivity contribution in [2.45, 2.75) is 57.5 Å². The Labute approximate surface area is 203 Å². The molecule has 2 aromatic heterocycles. The smallest absolute Gasteiger partial charge is 0.227 e. The second kappa shape index (κ2) is 9.03. The second-order valence-corrected chi connectivity index (χ2v) is 10.4. The molecule has 2 fully saturated rings. The lowest BCUT2D eigenvalue weighted by Crippen LogP contribution is -2.54. The summed E-state index contributed by atoms with van der Waals surface area (Å²) in [4.78, 5) is 11.3. The summed E-state index contributed by atoms with van der Waals surface area (Å²) >= 11 is 6.43. The Morgan fingerprint density at radius 3 is 2.76 bits per heavy atom. The van der Waals surface area contributed by atoms with Gasteiger partial charge in [-0.1, -0.05) is 11.6 Å². The molecular weight excluding hydrogens is 459 g/mol. The number of aromatic nitrogens is 4. The van der Waals surface area contributed by atoms with Gasteiger partial charge < -0.3 is 15.2 Å². The molecule has 0 aliphatic carbocycles. The first-order chi connectivity index (χ1) is 16.2. The zero-order valence-electron chi connectivity index (χ0n) is 19.6. The Bertz CT molecular complexity index is 1190. The highest BCUT2D eigenvalue weighted by Crippen LogP contribution is 2.36. The van der Waals surface area contributed by atoms with Crippen LogP contribution >= 0.6 is 11.6 Å². The van der Waals surface area contributed by atoms with Crippen LogP contribution in [0.25, 0.3) is 10.9 Å². The summed E-state index contributed by atoms with van der Waals surface area (Å²) in [7, 11) is 0. The number of aliphatic hydroxyl groups is 1. The van der Waals surface area contributed by atoms with Crippen molar-refractivity contribution in [3.63, 3.8) is 0 Å². The van der Waals surface area contributed by atoms with Gasteiger partial charge in [0, 0.05) is 24.0 Å². The molecule has 5 rings (SSSR count). The van der Waals surface area contributed by atoms with Crippen LogP contribution in [0.4, 0.5) is 16.0 Å². The molecule has 0 spiro atoms. The molecule has 4 heterocycles. The summed E-state index contributed by atoms with van der Waals surface area (Å²) < 4.78 is 22.0. The Morgan fingerprint density at radius 2 is 2.09 bits per heavy atom. The fourth-order valence-electron chi connectivity index (χ4n) is 4.76. The van der Waals surface area contributed by atoms with Gasteiger partial charge in [-0.2, -0.15) is 5.10 Å². The van der Waals surface area contributed by atoms with Crippen molar-refractivity contribution in [3.05, 3.63) is 40.8 Å². The molecule has 8 nitrogen and oxygen atoms in total. The summed E-state index contributed by atoms with van der Waals surface area (Å²) in [5.74, 6) is 0.228. The van der Waals surface area contributed by atoms with Crippen LogP contribution in [-0.2, 0) is 11.3 Å². The van der Waals surface area contributed by atoms with Gasteiger partial charge in [0.05, 0.1) is 48.8 Å². The number of benzene rings is 1. The van der Waals surface area contributed by atoms with E-state index < -0.39 is 11.8 Å². The number of aryl methyl sites for hydroxylation is 1. The van der Waals surface area contributed by atoms with E-state index in [9.17, 15) is 5.11 Å². The van der Waals surface area contributed by atoms with E-state index in [4.69, 9.17) is 16.3 Å². The first kappa shape index (κ1) is 23.4. The van der Waals surface area contributed by atoms with E-state index in [1.165, 1.54) is 4.68 Å². The second-order valence-electron chi connectivity index (χ2n) is 10.0. The number of rotatable bonds is 6. The number of piperidine rings is 1. The van der Waals surface area contributed by atoms with Crippen LogP contribution in [0, 0.1) is 6.92 Å². The number of ether oxygens (including phenoxy) is 1. The van der Waals surface area contributed by atoms with Crippen molar-refractivity contribution in [2.75, 3.05) is 31.6 Å². The number of fused-ring (bicyclic) bond motifs is 1. The number of anilines is 2. The summed E-state index contributed by atoms with van der Waals surface area (Å²) in [5.41, 5.74) is 2.41. The lowest BCUT2D eigenvalue weighted by Gasteiger charge is -2.43. The molecule has 34 heavy (non-hydrogen) atoms. The SMILES string of the molecule is Cc1cc2cnc(Nc3cnn(CC(C)(C)O)c3Cl)nc2cc1C1CCN(C2COC2)CC1F. The van der Waals surface area contributed by atoms with Gasteiger partial charge >= 0.3 is 0 Å². The minimum Gasteiger partial charge on any atom is -0.389 e. The number of halogens is 2. The molecule has 0 bridgehead atoms. The largest absolute Gasteiger partial charge is 0.389 e. The van der Waals surface area contributed by atoms with Crippen molar-refractivity contribution < 1.29 is 14.2 Å². The van der Waals surface area contributed by atoms with Crippen molar-refractivity contribution in [3.8, 4) is 0 Å². The number of nitrogens with one attached hydrogen (secondary N) is 1. The maximum Gasteiger partial charge on any atom is 0.227 e. The topological polar surface area (TPSA) is 88.3 Å². The van der Waals surface area contributed by atoms with Gasteiger partial charge in [0.1, 0.15) is 6.17 Å². The lowest BCUT2D eigenvalue weighted by atomic mass is 9.84. The predicted octanol–water partition coefficient (Wildman–Crippen LogP) is 3.83. The van der Waals surface area contributed by atoms with Gasteiger partial charge in [-0.3, -0.25) is 4.90 Å². The average molecular weight is 489 g/mol. The molecular formula is C24H30ClFN6O2. The van der Waals surface area contributed by atoms with E-state index in [1.807, 2.05) is 19.1 Å². The third kappa shape index (κ3) is 4.75. The molecule has 2 aliphatic rings. The molecule has 2 N–H and O–H groups in total. The summed E-state index contributed by atoms with van der Waals surface area (Å²) in [6, 6.07) is 4.38. The number of likely N-dealkylation sites (tertiary alicyclic amines) is 1. The molecule has 0 radical (unpaired) electrons. The molecule has 0 amide bonds. The van der Waals surface area contributed by atoms with E-state index in [0.717, 1.165) is 35.0 Å². The highest BCUT2D eigenvalue weighted by atomic mass is 35.5. The molecule has 2 saturated heterocycles. The normalized spacial score (nSPS) is 22.2. The number of hydrogen-bond acceptors (Lipinski definition) is 7. The molecule has 10 heteroatoms. The Kier molecular flexibility index (Phi) is 6.22. The van der Waals surface area contributed by atoms with E-state index in [0.29, 0.717) is 42.6 Å². The van der Waals surface area contributed by atoms with Gasteiger partial charge in [0.2, 0.25) is 5.95 Å². The number of alkyl halides is 1. The Hall–Kier alpha value is -2.33. The molecule has 2 atom stereocenters. The monoisotopic (exact) mass is 488 g/mol. The van der Waals surface area contributed by atoms with Crippen LogP contribution in [0.15, 0.2) is 24.5 Å². The summed E-state index contributed by atoms with van der Waals surface area (Å²) in [6.07, 6.45) is 3.18. The summed E-state index contributed by atoms with van der Waals surface area (Å²) in [5, 5.41) is 18.7. The lowest BCUT2D eigenvalue weighted by molar-refractivity contribution is -0.0807. The van der Waals surface area contributed by atoms with Gasteiger partial charge in [0.25, 0.3) is 0 Å². The van der Waals surface area contributed by atoms with E-state index in [2.05, 4.69) is 25.3 Å². The van der Waals surface area contributed by atoms with E-state index in [-0.39, 0.29) is 12.5 Å². The minimum absolute atomic E-state index is 0.150. The van der Waals surface area contributed by atoms with Crippen LogP contribution < -0.4 is 5.32 Å². The van der Waals surface area contributed by atoms with Crippen LogP contribution in [-0.4, -0.2) is 73.9 Å². The van der Waals surface area contributed by atoms with Crippen LogP contribution in [0.5, 0.6) is 0 Å². The third-order valence-electron chi connectivity index (χ3n) is 6.64. The highest BCUT2D eigenvalue weighted by molar-refractivity contribution is 6.32. The molecule has 0 saturated carbocycles. The maximum atomic E-state index is 15.2. The fraction of sp³-hybridized carbons (Fsp3) is 0.542. The fourth-order valence-corrected chi connectivity index (χ4v) is 4.96. The van der Waals surface area contributed by atoms with Gasteiger partial charge in [-0.25, -0.2) is 19.0 Å². The standard InChI is InChI=1S/C24H30ClFN6O2/c1-14-6-15-8-27-23(30-21-9-28-32(22(21)25)13-24(2,3)33)29-20(15)7-18(14)17-4-5-31(10-19(17)26)16-11-34-12-16/h6-9,16-17,19,33H,4-5,10-13H2,1-3H3,(H,27,29,30). The number of nitrogens with zero attached hydrogens (tertiary/aromatic N) is 5. The van der Waals surface area contributed by atoms with Gasteiger partial charge in [0.15, 0.2) is 5.15 Å². The maximum absolute atomic E-state index is 15.2. The quantitative estimate of drug-likeness (QED) is 0.545. The first-order valence-electron chi connectivity index (χ1n) is 11.6. The first-order valence-corrected chi connectivity index (χ1v) is 12.0. The van der Waals surface area contributed by atoms with E-state index in [1.54, 1.807) is 26.2 Å². The average Bonchev–Trinajstić information content (AvgIpc) is 3.05. The van der Waals surface area contributed by atoms with Crippen LogP contribution in [0.3, 0.4) is 0 Å². The van der Waals surface area contributed by atoms with Crippen LogP contribution in [0.1, 0.15) is 37.3 Å². The third-order valence-corrected chi connectivity index (χ3v) is 7.03. The molecule has 182 valence electrons. The van der Waals surface area contributed by atoms with Crippen molar-refractivity contribution in [2.24, 2.45) is 0 Å². The Morgan fingerprint density at radius 1 is 1.29 bits per heavy atom. The molecule has 1 aromatic carbocycles. The van der Waals surface area contributed by atoms with Crippen molar-refractivity contribution in [1.29, 1.82) is 0 Å². The molecule has 2 aliphatic heterocycles. The summed E-state index contributed by atoms with van der Waals surface area (Å²) in [6.45, 7) is 8.40. The highest BCUT2D eigenvalue weighted by Gasteiger charge is 2.36. The number of hydrogen-bond donors (Lipinski definition) is 2. The zero-order valence-corrected chi connectivity index (χ0v) is 20.4. The Balaban J connectivity index is 1.37. The van der Waals surface area contributed by atoms with Gasteiger partial charge in [-0.05, 0) is 57.0 Å². The zero-order chi connectivity index (χ0) is 24.0. The predicted molar refractivity (Wildman–Crippen MR) is 130 cm³/mol. The van der Waals surface area contributed by atoms with E-state index >= 15 is 4.39 Å². The van der Waals surface area contributed by atoms with Gasteiger partial charge in [-0.15, -0.1) is 0 Å². The molecule has 2 unspecified atom stereocenters. The van der Waals surface area contributed by atoms with Crippen molar-refractivity contribution >= 4 is 34.1 Å². The van der Waals surface area contributed by atoms with Crippen molar-refractivity contribution in [1.82, 2.24) is 24.6 Å². The minimum atomic E-state index is -0.948. The molecule has 3 aromatic rings. The van der Waals surface area contributed by atoms with Crippen LogP contribution in [0.2, 0.25) is 5.15 Å².